The number of tetrazole rings is 1. The number of amides is 1. The summed E-state index contributed by atoms with van der Waals surface area (Å²) >= 11 is 0. The molecule has 134 valence electrons. The second-order valence-electron chi connectivity index (χ2n) is 5.95. The van der Waals surface area contributed by atoms with E-state index in [-0.39, 0.29) is 5.91 Å². The molecule has 0 bridgehead atoms. The summed E-state index contributed by atoms with van der Waals surface area (Å²) in [6.45, 7) is 0. The predicted octanol–water partition coefficient (Wildman–Crippen LogP) is 3.31. The number of rotatable bonds is 3. The molecule has 0 saturated heterocycles. The fourth-order valence-electron chi connectivity index (χ4n) is 2.58. The highest BCUT2D eigenvalue weighted by molar-refractivity contribution is 6.04. The third kappa shape index (κ3) is 4.11. The molecule has 0 spiro atoms. The molecular weight excluding hydrogens is 350 g/mol. The fourth-order valence-corrected chi connectivity index (χ4v) is 2.58. The van der Waals surface area contributed by atoms with Crippen molar-refractivity contribution >= 4 is 11.6 Å². The van der Waals surface area contributed by atoms with E-state index < -0.39 is 0 Å². The molecule has 0 saturated carbocycles. The minimum Gasteiger partial charge on any atom is -0.322 e. The van der Waals surface area contributed by atoms with Gasteiger partial charge >= 0.3 is 0 Å². The number of nitrogens with zero attached hydrogens (tertiary/aromatic N) is 4. The van der Waals surface area contributed by atoms with Crippen LogP contribution in [0.1, 0.15) is 21.5 Å². The molecule has 1 amide bonds. The first-order valence-corrected chi connectivity index (χ1v) is 8.60. The number of carbonyl (C=O) groups is 1. The topological polar surface area (TPSA) is 72.7 Å². The summed E-state index contributed by atoms with van der Waals surface area (Å²) in [5.41, 5.74) is 3.77. The SMILES string of the molecule is O=C(Nc1cccc(-n2cnnn2)c1)c1ccc(C#Cc2ccccc2)cc1. The van der Waals surface area contributed by atoms with Crippen molar-refractivity contribution in [3.8, 4) is 17.5 Å². The zero-order chi connectivity index (χ0) is 19.2. The lowest BCUT2D eigenvalue weighted by Gasteiger charge is -2.07. The highest BCUT2D eigenvalue weighted by Gasteiger charge is 2.07. The molecule has 0 aliphatic heterocycles. The van der Waals surface area contributed by atoms with Gasteiger partial charge in [-0.15, -0.1) is 5.10 Å². The molecule has 0 unspecified atom stereocenters. The van der Waals surface area contributed by atoms with E-state index in [4.69, 9.17) is 0 Å². The monoisotopic (exact) mass is 365 g/mol. The van der Waals surface area contributed by atoms with Gasteiger partial charge in [0.15, 0.2) is 0 Å². The summed E-state index contributed by atoms with van der Waals surface area (Å²) in [5, 5.41) is 14.0. The lowest BCUT2D eigenvalue weighted by atomic mass is 10.1. The maximum absolute atomic E-state index is 12.5. The Morgan fingerprint density at radius 3 is 2.32 bits per heavy atom. The summed E-state index contributed by atoms with van der Waals surface area (Å²) in [6.07, 6.45) is 1.50. The van der Waals surface area contributed by atoms with Gasteiger partial charge in [0.2, 0.25) is 0 Å². The molecule has 0 atom stereocenters. The van der Waals surface area contributed by atoms with E-state index in [1.807, 2.05) is 60.7 Å². The van der Waals surface area contributed by atoms with Crippen molar-refractivity contribution in [1.82, 2.24) is 20.2 Å². The Kier molecular flexibility index (Phi) is 4.90. The minimum atomic E-state index is -0.198. The number of hydrogen-bond acceptors (Lipinski definition) is 4. The maximum Gasteiger partial charge on any atom is 0.255 e. The molecule has 1 N–H and O–H groups in total. The van der Waals surface area contributed by atoms with Crippen LogP contribution in [0.15, 0.2) is 85.2 Å². The van der Waals surface area contributed by atoms with Crippen molar-refractivity contribution in [2.45, 2.75) is 0 Å². The number of aromatic nitrogens is 4. The summed E-state index contributed by atoms with van der Waals surface area (Å²) < 4.78 is 1.52. The Labute approximate surface area is 161 Å². The van der Waals surface area contributed by atoms with Crippen LogP contribution in [0.25, 0.3) is 5.69 Å². The number of anilines is 1. The highest BCUT2D eigenvalue weighted by Crippen LogP contribution is 2.15. The summed E-state index contributed by atoms with van der Waals surface area (Å²) in [6, 6.07) is 24.3. The maximum atomic E-state index is 12.5. The Hall–Kier alpha value is -4.24. The number of nitrogens with one attached hydrogen (secondary N) is 1. The summed E-state index contributed by atoms with van der Waals surface area (Å²) in [5.74, 6) is 6.00. The van der Waals surface area contributed by atoms with E-state index in [9.17, 15) is 4.79 Å². The summed E-state index contributed by atoms with van der Waals surface area (Å²) in [4.78, 5) is 12.5. The molecule has 0 fully saturated rings. The smallest absolute Gasteiger partial charge is 0.255 e. The molecule has 1 aromatic heterocycles. The largest absolute Gasteiger partial charge is 0.322 e. The van der Waals surface area contributed by atoms with Crippen LogP contribution >= 0.6 is 0 Å². The molecule has 28 heavy (non-hydrogen) atoms. The first kappa shape index (κ1) is 17.2. The average molecular weight is 365 g/mol. The number of benzene rings is 3. The van der Waals surface area contributed by atoms with Crippen LogP contribution < -0.4 is 5.32 Å². The van der Waals surface area contributed by atoms with Crippen molar-refractivity contribution in [2.75, 3.05) is 5.32 Å². The summed E-state index contributed by atoms with van der Waals surface area (Å²) in [7, 11) is 0. The van der Waals surface area contributed by atoms with Gasteiger partial charge in [-0.25, -0.2) is 4.68 Å². The van der Waals surface area contributed by atoms with E-state index in [0.717, 1.165) is 16.8 Å². The molecule has 0 aliphatic rings. The van der Waals surface area contributed by atoms with Gasteiger partial charge < -0.3 is 5.32 Å². The lowest BCUT2D eigenvalue weighted by Crippen LogP contribution is -2.12. The van der Waals surface area contributed by atoms with Gasteiger partial charge in [-0.2, -0.15) is 0 Å². The third-order valence-electron chi connectivity index (χ3n) is 3.99. The minimum absolute atomic E-state index is 0.198. The van der Waals surface area contributed by atoms with Gasteiger partial charge in [-0.3, -0.25) is 4.79 Å². The van der Waals surface area contributed by atoms with E-state index in [2.05, 4.69) is 32.7 Å². The molecule has 1 heterocycles. The molecule has 0 aliphatic carbocycles. The van der Waals surface area contributed by atoms with Crippen molar-refractivity contribution < 1.29 is 4.79 Å². The van der Waals surface area contributed by atoms with Gasteiger partial charge in [0, 0.05) is 22.4 Å². The van der Waals surface area contributed by atoms with Crippen molar-refractivity contribution in [2.24, 2.45) is 0 Å². The van der Waals surface area contributed by atoms with Crippen LogP contribution in [-0.4, -0.2) is 26.1 Å². The van der Waals surface area contributed by atoms with E-state index in [1.165, 1.54) is 11.0 Å². The predicted molar refractivity (Wildman–Crippen MR) is 106 cm³/mol. The first-order valence-electron chi connectivity index (χ1n) is 8.60. The fraction of sp³-hybridized carbons (Fsp3) is 0. The first-order chi connectivity index (χ1) is 13.8. The average Bonchev–Trinajstić information content (AvgIpc) is 3.29. The normalized spacial score (nSPS) is 10.0. The second-order valence-corrected chi connectivity index (χ2v) is 5.95. The zero-order valence-corrected chi connectivity index (χ0v) is 14.8. The van der Waals surface area contributed by atoms with E-state index in [0.29, 0.717) is 11.3 Å². The van der Waals surface area contributed by atoms with Gasteiger partial charge in [0.1, 0.15) is 6.33 Å². The van der Waals surface area contributed by atoms with E-state index in [1.54, 1.807) is 18.2 Å². The number of carbonyl (C=O) groups excluding carboxylic acids is 1. The van der Waals surface area contributed by atoms with Crippen molar-refractivity contribution in [1.29, 1.82) is 0 Å². The molecular formula is C22H15N5O. The standard InChI is InChI=1S/C22H15N5O/c28-22(24-20-7-4-8-21(15-20)27-16-23-25-26-27)19-13-11-18(12-14-19)10-9-17-5-2-1-3-6-17/h1-8,11-16H,(H,24,28). The Morgan fingerprint density at radius 2 is 1.61 bits per heavy atom. The molecule has 6 heteroatoms. The van der Waals surface area contributed by atoms with Gasteiger partial charge in [0.05, 0.1) is 5.69 Å². The van der Waals surface area contributed by atoms with Crippen LogP contribution in [0.5, 0.6) is 0 Å². The second kappa shape index (κ2) is 7.98. The van der Waals surface area contributed by atoms with Crippen molar-refractivity contribution in [3.63, 3.8) is 0 Å². The lowest BCUT2D eigenvalue weighted by molar-refractivity contribution is 0.102. The Balaban J connectivity index is 1.46. The molecule has 3 aromatic carbocycles. The zero-order valence-electron chi connectivity index (χ0n) is 14.8. The van der Waals surface area contributed by atoms with Gasteiger partial charge in [-0.1, -0.05) is 36.1 Å². The van der Waals surface area contributed by atoms with Gasteiger partial charge in [0.25, 0.3) is 5.91 Å². The van der Waals surface area contributed by atoms with E-state index >= 15 is 0 Å². The number of hydrogen-bond donors (Lipinski definition) is 1. The van der Waals surface area contributed by atoms with Crippen LogP contribution in [0.4, 0.5) is 5.69 Å². The molecule has 6 nitrogen and oxygen atoms in total. The molecule has 0 radical (unpaired) electrons. The van der Waals surface area contributed by atoms with Crippen molar-refractivity contribution in [3.05, 3.63) is 102 Å². The third-order valence-corrected chi connectivity index (χ3v) is 3.99. The van der Waals surface area contributed by atoms with Crippen LogP contribution in [-0.2, 0) is 0 Å². The van der Waals surface area contributed by atoms with Crippen LogP contribution in [0, 0.1) is 11.8 Å². The Morgan fingerprint density at radius 1 is 0.857 bits per heavy atom. The molecule has 4 rings (SSSR count). The quantitative estimate of drug-likeness (QED) is 0.565. The van der Waals surface area contributed by atoms with Crippen LogP contribution in [0.2, 0.25) is 0 Å². The van der Waals surface area contributed by atoms with Crippen LogP contribution in [0.3, 0.4) is 0 Å². The molecule has 4 aromatic rings. The van der Waals surface area contributed by atoms with Gasteiger partial charge in [-0.05, 0) is 65.0 Å². The highest BCUT2D eigenvalue weighted by atomic mass is 16.1. The Bertz CT molecular complexity index is 1140.